The van der Waals surface area contributed by atoms with E-state index in [1.54, 1.807) is 9.80 Å². The molecular formula is C60H76ClN11O5. The molecule has 0 bridgehead atoms. The van der Waals surface area contributed by atoms with E-state index in [9.17, 15) is 9.59 Å². The van der Waals surface area contributed by atoms with Crippen molar-refractivity contribution < 1.29 is 23.8 Å². The molecule has 3 aliphatic heterocycles. The Morgan fingerprint density at radius 3 is 1.36 bits per heavy atom. The zero-order valence-corrected chi connectivity index (χ0v) is 45.7. The number of halogens is 1. The first-order valence-electron chi connectivity index (χ1n) is 27.4. The third kappa shape index (κ3) is 16.7. The van der Waals surface area contributed by atoms with Gasteiger partial charge in [0, 0.05) is 62.8 Å². The SMILES string of the molecule is CCCCOc1nc(N)c2c(n1)N(Cc1ccc(CN(CCCCl)Cc3ccccc3)cc1)C(=O)C2.CCCCOc1nc(N)c2c(n1)N(Cc1ccc(CN(CCCN3CCOCC3)Cc3ccccc3)cc1)C(=O)C2. The van der Waals surface area contributed by atoms with E-state index in [1.807, 2.05) is 6.07 Å². The number of carbonyl (C=O) groups is 2. The molecular weight excluding hydrogens is 990 g/mol. The normalized spacial score (nSPS) is 14.2. The van der Waals surface area contributed by atoms with Gasteiger partial charge in [-0.25, -0.2) is 0 Å². The van der Waals surface area contributed by atoms with Crippen LogP contribution >= 0.6 is 11.6 Å². The molecule has 9 rings (SSSR count). The number of amides is 2. The van der Waals surface area contributed by atoms with E-state index in [2.05, 4.69) is 152 Å². The lowest BCUT2D eigenvalue weighted by Gasteiger charge is -2.28. The molecule has 5 heterocycles. The highest BCUT2D eigenvalue weighted by Gasteiger charge is 2.34. The number of aromatic nitrogens is 4. The summed E-state index contributed by atoms with van der Waals surface area (Å²) in [4.78, 5) is 54.1. The third-order valence-electron chi connectivity index (χ3n) is 13.9. The quantitative estimate of drug-likeness (QED) is 0.0368. The second kappa shape index (κ2) is 29.2. The fourth-order valence-corrected chi connectivity index (χ4v) is 9.76. The van der Waals surface area contributed by atoms with Crippen molar-refractivity contribution in [1.29, 1.82) is 0 Å². The van der Waals surface area contributed by atoms with Gasteiger partial charge in [-0.15, -0.1) is 11.6 Å². The monoisotopic (exact) mass is 1070 g/mol. The molecule has 2 amide bonds. The van der Waals surface area contributed by atoms with Gasteiger partial charge in [0.25, 0.3) is 0 Å². The zero-order chi connectivity index (χ0) is 53.8. The van der Waals surface area contributed by atoms with Crippen molar-refractivity contribution in [3.63, 3.8) is 0 Å². The van der Waals surface area contributed by atoms with Gasteiger partial charge in [-0.2, -0.15) is 19.9 Å². The highest BCUT2D eigenvalue weighted by molar-refractivity contribution is 6.17. The number of nitrogens with two attached hydrogens (primary N) is 2. The van der Waals surface area contributed by atoms with E-state index in [4.69, 9.17) is 37.3 Å². The number of anilines is 4. The van der Waals surface area contributed by atoms with E-state index in [0.29, 0.717) is 66.6 Å². The molecule has 3 aliphatic rings. The van der Waals surface area contributed by atoms with E-state index >= 15 is 0 Å². The minimum atomic E-state index is -0.0316. The average Bonchev–Trinajstić information content (AvgIpc) is 3.94. The number of nitrogen functional groups attached to an aromatic ring is 2. The lowest BCUT2D eigenvalue weighted by molar-refractivity contribution is -0.118. The number of fused-ring (bicyclic) bond motifs is 2. The molecule has 0 saturated carbocycles. The maximum atomic E-state index is 12.9. The number of rotatable bonds is 27. The van der Waals surface area contributed by atoms with Crippen LogP contribution in [0.5, 0.6) is 12.0 Å². The van der Waals surface area contributed by atoms with Crippen molar-refractivity contribution in [1.82, 2.24) is 34.6 Å². The van der Waals surface area contributed by atoms with Crippen LogP contribution in [-0.4, -0.2) is 111 Å². The van der Waals surface area contributed by atoms with E-state index < -0.39 is 0 Å². The van der Waals surface area contributed by atoms with Crippen molar-refractivity contribution in [3.05, 3.63) is 154 Å². The number of alkyl halides is 1. The first-order valence-corrected chi connectivity index (χ1v) is 27.9. The van der Waals surface area contributed by atoms with Crippen LogP contribution in [0.2, 0.25) is 0 Å². The Bertz CT molecular complexity index is 2790. The Hall–Kier alpha value is -6.69. The summed E-state index contributed by atoms with van der Waals surface area (Å²) in [6.07, 6.45) is 6.33. The third-order valence-corrected chi connectivity index (χ3v) is 14.2. The van der Waals surface area contributed by atoms with Crippen molar-refractivity contribution >= 4 is 46.7 Å². The molecule has 4 N–H and O–H groups in total. The van der Waals surface area contributed by atoms with E-state index in [1.165, 1.54) is 22.3 Å². The van der Waals surface area contributed by atoms with E-state index in [-0.39, 0.29) is 36.7 Å². The second-order valence-corrected chi connectivity index (χ2v) is 20.4. The summed E-state index contributed by atoms with van der Waals surface area (Å²) in [5.41, 5.74) is 20.8. The molecule has 0 aliphatic carbocycles. The summed E-state index contributed by atoms with van der Waals surface area (Å²) in [6, 6.07) is 38.6. The fraction of sp³-hybridized carbons (Fsp3) is 0.433. The van der Waals surface area contributed by atoms with Gasteiger partial charge in [-0.1, -0.05) is 136 Å². The highest BCUT2D eigenvalue weighted by Crippen LogP contribution is 2.35. The summed E-state index contributed by atoms with van der Waals surface area (Å²) < 4.78 is 16.8. The predicted molar refractivity (Wildman–Crippen MR) is 305 cm³/mol. The van der Waals surface area contributed by atoms with E-state index in [0.717, 1.165) is 122 Å². The first-order chi connectivity index (χ1) is 37.7. The number of hydrogen-bond acceptors (Lipinski definition) is 14. The number of benzene rings is 4. The second-order valence-electron chi connectivity index (χ2n) is 20.0. The van der Waals surface area contributed by atoms with Gasteiger partial charge in [0.1, 0.15) is 23.3 Å². The Morgan fingerprint density at radius 1 is 0.545 bits per heavy atom. The van der Waals surface area contributed by atoms with Crippen LogP contribution < -0.4 is 30.7 Å². The summed E-state index contributed by atoms with van der Waals surface area (Å²) in [7, 11) is 0. The van der Waals surface area contributed by atoms with Gasteiger partial charge < -0.3 is 25.7 Å². The molecule has 16 nitrogen and oxygen atoms in total. The van der Waals surface area contributed by atoms with Crippen molar-refractivity contribution in [2.24, 2.45) is 0 Å². The van der Waals surface area contributed by atoms with Gasteiger partial charge >= 0.3 is 12.0 Å². The number of nitrogens with zero attached hydrogens (tertiary/aromatic N) is 9. The lowest BCUT2D eigenvalue weighted by atomic mass is 10.1. The Labute approximate surface area is 459 Å². The molecule has 1 fully saturated rings. The Morgan fingerprint density at radius 2 is 0.948 bits per heavy atom. The maximum Gasteiger partial charge on any atom is 0.320 e. The van der Waals surface area contributed by atoms with Crippen LogP contribution in [-0.2, 0) is 66.4 Å². The van der Waals surface area contributed by atoms with Gasteiger partial charge in [0.15, 0.2) is 0 Å². The van der Waals surface area contributed by atoms with Gasteiger partial charge in [0.05, 0.1) is 52.4 Å². The van der Waals surface area contributed by atoms with Gasteiger partial charge in [-0.3, -0.25) is 34.1 Å². The zero-order valence-electron chi connectivity index (χ0n) is 45.0. The molecule has 6 aromatic rings. The molecule has 17 heteroatoms. The van der Waals surface area contributed by atoms with Crippen LogP contribution in [0.1, 0.15) is 96.9 Å². The molecule has 0 spiro atoms. The Balaban J connectivity index is 0.000000205. The maximum absolute atomic E-state index is 12.9. The topological polar surface area (TPSA) is 182 Å². The number of unbranched alkanes of at least 4 members (excludes halogenated alkanes) is 2. The van der Waals surface area contributed by atoms with Gasteiger partial charge in [0.2, 0.25) is 11.8 Å². The van der Waals surface area contributed by atoms with Crippen LogP contribution in [0.15, 0.2) is 109 Å². The van der Waals surface area contributed by atoms with Crippen molar-refractivity contribution in [2.75, 3.05) is 86.3 Å². The molecule has 0 atom stereocenters. The largest absolute Gasteiger partial charge is 0.463 e. The molecule has 1 saturated heterocycles. The molecule has 2 aromatic heterocycles. The smallest absolute Gasteiger partial charge is 0.320 e. The summed E-state index contributed by atoms with van der Waals surface area (Å²) in [6.45, 7) is 16.4. The van der Waals surface area contributed by atoms with Crippen LogP contribution in [0.3, 0.4) is 0 Å². The summed E-state index contributed by atoms with van der Waals surface area (Å²) >= 11 is 5.97. The van der Waals surface area contributed by atoms with Crippen molar-refractivity contribution in [3.8, 4) is 12.0 Å². The molecule has 408 valence electrons. The number of carbonyl (C=O) groups excluding carboxylic acids is 2. The van der Waals surface area contributed by atoms with Crippen LogP contribution in [0.25, 0.3) is 0 Å². The summed E-state index contributed by atoms with van der Waals surface area (Å²) in [5.74, 6) is 2.34. The standard InChI is InChI=1S/C32H42N6O3.C28H34ClN5O2/c1-2-3-18-41-32-34-30(33)28-21-29(39)38(31(28)35-32)24-27-12-10-26(11-13-27)23-37(22-25-8-5-4-6-9-25)15-7-14-36-16-19-40-20-17-36;1-2-3-16-36-28-31-26(30)24-17-25(35)34(27(24)32-28)20-23-12-10-22(11-13-23)19-33(15-7-14-29)18-21-8-5-4-6-9-21/h4-6,8-13H,2-3,7,14-24H2,1H3,(H2,33,34,35);4-6,8-13H,2-3,7,14-20H2,1H3,(H2,30,31,32). The summed E-state index contributed by atoms with van der Waals surface area (Å²) in [5, 5.41) is 0. The Kier molecular flexibility index (Phi) is 21.4. The number of hydrogen-bond donors (Lipinski definition) is 2. The lowest BCUT2D eigenvalue weighted by Crippen LogP contribution is -2.38. The predicted octanol–water partition coefficient (Wildman–Crippen LogP) is 9.01. The molecule has 0 unspecified atom stereocenters. The first kappa shape index (κ1) is 56.5. The minimum absolute atomic E-state index is 0.0231. The fourth-order valence-electron chi connectivity index (χ4n) is 9.64. The number of morpholine rings is 1. The highest BCUT2D eigenvalue weighted by atomic mass is 35.5. The van der Waals surface area contributed by atoms with Crippen LogP contribution in [0, 0.1) is 0 Å². The van der Waals surface area contributed by atoms with Crippen LogP contribution in [0.4, 0.5) is 23.3 Å². The van der Waals surface area contributed by atoms with Gasteiger partial charge in [-0.05, 0) is 72.2 Å². The minimum Gasteiger partial charge on any atom is -0.463 e. The number of ether oxygens (including phenoxy) is 3. The average molecular weight is 1070 g/mol. The molecule has 0 radical (unpaired) electrons. The molecule has 77 heavy (non-hydrogen) atoms. The van der Waals surface area contributed by atoms with Crippen molar-refractivity contribution in [2.45, 2.75) is 104 Å². The molecule has 4 aromatic carbocycles.